The minimum absolute atomic E-state index is 0.151. The van der Waals surface area contributed by atoms with Crippen molar-refractivity contribution in [2.24, 2.45) is 0 Å². The molecule has 1 N–H and O–H groups in total. The van der Waals surface area contributed by atoms with Gasteiger partial charge in [0.2, 0.25) is 0 Å². The first kappa shape index (κ1) is 13.6. The second kappa shape index (κ2) is 5.00. The van der Waals surface area contributed by atoms with E-state index in [2.05, 4.69) is 51.4 Å². The first-order valence-corrected chi connectivity index (χ1v) is 8.23. The van der Waals surface area contributed by atoms with Gasteiger partial charge in [-0.3, -0.25) is 0 Å². The molecule has 0 bridgehead atoms. The molecule has 22 heavy (non-hydrogen) atoms. The van der Waals surface area contributed by atoms with Crippen LogP contribution in [-0.4, -0.2) is 26.3 Å². The highest BCUT2D eigenvalue weighted by Gasteiger charge is 2.32. The van der Waals surface area contributed by atoms with Crippen LogP contribution in [0, 0.1) is 0 Å². The summed E-state index contributed by atoms with van der Waals surface area (Å²) in [4.78, 5) is 4.75. The summed E-state index contributed by atoms with van der Waals surface area (Å²) in [5.74, 6) is 1.84. The lowest BCUT2D eigenvalue weighted by Crippen LogP contribution is -2.45. The Kier molecular flexibility index (Phi) is 3.09. The Hall–Kier alpha value is -2.05. The van der Waals surface area contributed by atoms with Crippen LogP contribution in [0.2, 0.25) is 0 Å². The van der Waals surface area contributed by atoms with E-state index in [1.807, 2.05) is 18.2 Å². The summed E-state index contributed by atoms with van der Waals surface area (Å²) < 4.78 is 2.18. The van der Waals surface area contributed by atoms with Crippen LogP contribution in [0.15, 0.2) is 35.7 Å². The molecular weight excluding hydrogens is 294 g/mol. The van der Waals surface area contributed by atoms with E-state index >= 15 is 0 Å². The minimum atomic E-state index is -0.151. The topological polar surface area (TPSA) is 55.6 Å². The number of nitrogens with zero attached hydrogens (tertiary/aromatic N) is 4. The van der Waals surface area contributed by atoms with Gasteiger partial charge in [0.1, 0.15) is 10.7 Å². The number of hydrogen-bond donors (Lipinski definition) is 1. The van der Waals surface area contributed by atoms with E-state index in [4.69, 9.17) is 4.98 Å². The van der Waals surface area contributed by atoms with E-state index in [9.17, 15) is 0 Å². The van der Waals surface area contributed by atoms with Gasteiger partial charge in [0.15, 0.2) is 11.6 Å². The summed E-state index contributed by atoms with van der Waals surface area (Å²) in [6.45, 7) is 6.06. The van der Waals surface area contributed by atoms with Crippen LogP contribution >= 0.6 is 11.3 Å². The van der Waals surface area contributed by atoms with Crippen LogP contribution in [0.25, 0.3) is 22.1 Å². The third-order valence-electron chi connectivity index (χ3n) is 3.97. The van der Waals surface area contributed by atoms with Crippen molar-refractivity contribution in [3.05, 3.63) is 41.5 Å². The Labute approximate surface area is 133 Å². The lowest BCUT2D eigenvalue weighted by molar-refractivity contribution is 0.317. The highest BCUT2D eigenvalue weighted by molar-refractivity contribution is 7.13. The smallest absolute Gasteiger partial charge is 0.183 e. The molecule has 1 aliphatic heterocycles. The van der Waals surface area contributed by atoms with Crippen molar-refractivity contribution < 1.29 is 0 Å². The third kappa shape index (κ3) is 2.15. The zero-order valence-electron chi connectivity index (χ0n) is 12.6. The molecule has 1 aromatic carbocycles. The van der Waals surface area contributed by atoms with Crippen LogP contribution in [0.4, 0.5) is 0 Å². The molecule has 0 saturated carbocycles. The molecule has 0 radical (unpaired) electrons. The Bertz CT molecular complexity index is 803. The van der Waals surface area contributed by atoms with Crippen molar-refractivity contribution in [1.29, 1.82) is 0 Å². The van der Waals surface area contributed by atoms with E-state index < -0.39 is 0 Å². The van der Waals surface area contributed by atoms with Gasteiger partial charge in [-0.2, -0.15) is 0 Å². The summed E-state index contributed by atoms with van der Waals surface area (Å²) in [7, 11) is 0. The van der Waals surface area contributed by atoms with Gasteiger partial charge in [0.25, 0.3) is 0 Å². The van der Waals surface area contributed by atoms with Crippen LogP contribution in [0.3, 0.4) is 0 Å². The average molecular weight is 311 g/mol. The zero-order valence-corrected chi connectivity index (χ0v) is 13.4. The molecule has 112 valence electrons. The monoisotopic (exact) mass is 311 g/mol. The minimum Gasteiger partial charge on any atom is -0.307 e. The van der Waals surface area contributed by atoms with E-state index in [1.54, 1.807) is 11.3 Å². The average Bonchev–Trinajstić information content (AvgIpc) is 3.14. The molecular formula is C16H17N5S. The Morgan fingerprint density at radius 1 is 1.18 bits per heavy atom. The molecule has 3 aromatic rings. The lowest BCUT2D eigenvalue weighted by Gasteiger charge is -2.31. The van der Waals surface area contributed by atoms with Crippen LogP contribution in [0.1, 0.15) is 19.7 Å². The Balaban J connectivity index is 1.75. The van der Waals surface area contributed by atoms with E-state index in [1.165, 1.54) is 0 Å². The SMILES string of the molecule is CC1(C)NCCn2c(-c3csc(-c4ccccc4)n3)nnc21. The summed E-state index contributed by atoms with van der Waals surface area (Å²) in [6, 6.07) is 10.2. The van der Waals surface area contributed by atoms with Crippen molar-refractivity contribution in [2.75, 3.05) is 6.54 Å². The van der Waals surface area contributed by atoms with E-state index in [0.717, 1.165) is 41.0 Å². The largest absolute Gasteiger partial charge is 0.307 e. The normalized spacial score (nSPS) is 16.5. The molecule has 0 spiro atoms. The standard InChI is InChI=1S/C16H17N5S/c1-16(2)15-20-19-13(21(15)9-8-17-16)12-10-22-14(18-12)11-6-4-3-5-7-11/h3-7,10,17H,8-9H2,1-2H3. The maximum Gasteiger partial charge on any atom is 0.183 e. The molecule has 0 saturated heterocycles. The van der Waals surface area contributed by atoms with Gasteiger partial charge in [-0.05, 0) is 13.8 Å². The van der Waals surface area contributed by atoms with Crippen molar-refractivity contribution in [1.82, 2.24) is 25.1 Å². The van der Waals surface area contributed by atoms with Crippen LogP contribution in [0.5, 0.6) is 0 Å². The molecule has 5 nitrogen and oxygen atoms in total. The maximum atomic E-state index is 4.75. The summed E-state index contributed by atoms with van der Waals surface area (Å²) in [5.41, 5.74) is 1.89. The molecule has 0 atom stereocenters. The van der Waals surface area contributed by atoms with Gasteiger partial charge in [-0.25, -0.2) is 4.98 Å². The van der Waals surface area contributed by atoms with Gasteiger partial charge in [0, 0.05) is 24.0 Å². The number of hydrogen-bond acceptors (Lipinski definition) is 5. The quantitative estimate of drug-likeness (QED) is 0.790. The summed E-state index contributed by atoms with van der Waals surface area (Å²) >= 11 is 1.64. The summed E-state index contributed by atoms with van der Waals surface area (Å²) in [5, 5.41) is 15.3. The van der Waals surface area contributed by atoms with Crippen molar-refractivity contribution in [2.45, 2.75) is 25.9 Å². The Morgan fingerprint density at radius 2 is 2.00 bits per heavy atom. The van der Waals surface area contributed by atoms with Gasteiger partial charge < -0.3 is 9.88 Å². The number of aromatic nitrogens is 4. The van der Waals surface area contributed by atoms with Crippen LogP contribution in [-0.2, 0) is 12.1 Å². The highest BCUT2D eigenvalue weighted by Crippen LogP contribution is 2.30. The molecule has 2 aromatic heterocycles. The van der Waals surface area contributed by atoms with Crippen molar-refractivity contribution >= 4 is 11.3 Å². The number of fused-ring (bicyclic) bond motifs is 1. The molecule has 0 aliphatic carbocycles. The number of thiazole rings is 1. The highest BCUT2D eigenvalue weighted by atomic mass is 32.1. The molecule has 0 fully saturated rings. The Morgan fingerprint density at radius 3 is 2.82 bits per heavy atom. The van der Waals surface area contributed by atoms with Gasteiger partial charge in [0.05, 0.1) is 5.54 Å². The second-order valence-corrected chi connectivity index (χ2v) is 6.81. The molecule has 1 aliphatic rings. The predicted octanol–water partition coefficient (Wildman–Crippen LogP) is 2.91. The van der Waals surface area contributed by atoms with Gasteiger partial charge >= 0.3 is 0 Å². The molecule has 6 heteroatoms. The van der Waals surface area contributed by atoms with Crippen molar-refractivity contribution in [3.8, 4) is 22.1 Å². The molecule has 3 heterocycles. The van der Waals surface area contributed by atoms with E-state index in [-0.39, 0.29) is 5.54 Å². The van der Waals surface area contributed by atoms with Gasteiger partial charge in [-0.15, -0.1) is 21.5 Å². The third-order valence-corrected chi connectivity index (χ3v) is 4.86. The number of benzene rings is 1. The fourth-order valence-corrected chi connectivity index (χ4v) is 3.62. The van der Waals surface area contributed by atoms with Crippen LogP contribution < -0.4 is 5.32 Å². The second-order valence-electron chi connectivity index (χ2n) is 5.95. The van der Waals surface area contributed by atoms with Crippen molar-refractivity contribution in [3.63, 3.8) is 0 Å². The zero-order chi connectivity index (χ0) is 15.2. The lowest BCUT2D eigenvalue weighted by atomic mass is 10.0. The van der Waals surface area contributed by atoms with Gasteiger partial charge in [-0.1, -0.05) is 30.3 Å². The maximum absolute atomic E-state index is 4.75. The number of nitrogens with one attached hydrogen (secondary N) is 1. The first-order valence-electron chi connectivity index (χ1n) is 7.35. The molecule has 4 rings (SSSR count). The molecule has 0 unspecified atom stereocenters. The fraction of sp³-hybridized carbons (Fsp3) is 0.312. The van der Waals surface area contributed by atoms with E-state index in [0.29, 0.717) is 0 Å². The first-order chi connectivity index (χ1) is 10.6. The summed E-state index contributed by atoms with van der Waals surface area (Å²) in [6.07, 6.45) is 0. The number of rotatable bonds is 2. The fourth-order valence-electron chi connectivity index (χ4n) is 2.82. The predicted molar refractivity (Wildman–Crippen MR) is 87.6 cm³/mol. The molecule has 0 amide bonds.